The summed E-state index contributed by atoms with van der Waals surface area (Å²) in [6, 6.07) is 11.1. The summed E-state index contributed by atoms with van der Waals surface area (Å²) in [5.41, 5.74) is 1.14. The molecule has 0 saturated heterocycles. The number of hydrogen-bond donors (Lipinski definition) is 2. The van der Waals surface area contributed by atoms with Gasteiger partial charge in [-0.05, 0) is 37.1 Å². The highest BCUT2D eigenvalue weighted by Gasteiger charge is 2.13. The molecule has 2 aromatic carbocycles. The summed E-state index contributed by atoms with van der Waals surface area (Å²) < 4.78 is 5.37. The Balaban J connectivity index is 1.80. The van der Waals surface area contributed by atoms with Gasteiger partial charge in [-0.1, -0.05) is 18.2 Å². The zero-order valence-electron chi connectivity index (χ0n) is 13.2. The number of nitro benzene ring substituents is 1. The number of anilines is 1. The van der Waals surface area contributed by atoms with Crippen molar-refractivity contribution in [3.63, 3.8) is 0 Å². The van der Waals surface area contributed by atoms with Crippen LogP contribution in [0.1, 0.15) is 18.4 Å². The lowest BCUT2D eigenvalue weighted by molar-refractivity contribution is -0.385. The van der Waals surface area contributed by atoms with E-state index in [0.29, 0.717) is 12.1 Å². The van der Waals surface area contributed by atoms with Crippen molar-refractivity contribution < 1.29 is 19.6 Å². The number of benzene rings is 2. The van der Waals surface area contributed by atoms with Crippen molar-refractivity contribution in [2.75, 3.05) is 11.9 Å². The summed E-state index contributed by atoms with van der Waals surface area (Å²) >= 11 is 0. The summed E-state index contributed by atoms with van der Waals surface area (Å²) in [4.78, 5) is 22.2. The van der Waals surface area contributed by atoms with Crippen molar-refractivity contribution in [1.82, 2.24) is 0 Å². The van der Waals surface area contributed by atoms with Crippen LogP contribution in [-0.4, -0.2) is 22.5 Å². The Hall–Kier alpha value is -3.09. The molecule has 0 aliphatic carbocycles. The number of nitrogens with one attached hydrogen (secondary N) is 1. The zero-order valence-corrected chi connectivity index (χ0v) is 13.2. The van der Waals surface area contributed by atoms with Gasteiger partial charge >= 0.3 is 5.69 Å². The quantitative estimate of drug-likeness (QED) is 0.350. The topological polar surface area (TPSA) is 102 Å². The Morgan fingerprint density at radius 1 is 1.29 bits per heavy atom. The summed E-state index contributed by atoms with van der Waals surface area (Å²) in [6.07, 6.45) is 0.568. The van der Waals surface area contributed by atoms with Gasteiger partial charge < -0.3 is 15.2 Å². The van der Waals surface area contributed by atoms with E-state index in [4.69, 9.17) is 4.74 Å². The Bertz CT molecular complexity index is 746. The minimum atomic E-state index is -0.512. The van der Waals surface area contributed by atoms with Gasteiger partial charge in [-0.3, -0.25) is 14.9 Å². The molecule has 0 spiro atoms. The first-order chi connectivity index (χ1) is 11.5. The molecule has 0 bridgehead atoms. The molecule has 7 heteroatoms. The Labute approximate surface area is 139 Å². The smallest absolute Gasteiger partial charge is 0.310 e. The van der Waals surface area contributed by atoms with E-state index in [-0.39, 0.29) is 36.1 Å². The second-order valence-electron chi connectivity index (χ2n) is 5.25. The predicted molar refractivity (Wildman–Crippen MR) is 89.3 cm³/mol. The fourth-order valence-corrected chi connectivity index (χ4v) is 2.10. The fraction of sp³-hybridized carbons (Fsp3) is 0.235. The van der Waals surface area contributed by atoms with Gasteiger partial charge in [0, 0.05) is 12.5 Å². The monoisotopic (exact) mass is 330 g/mol. The molecule has 2 aromatic rings. The molecule has 7 nitrogen and oxygen atoms in total. The Kier molecular flexibility index (Phi) is 5.73. The number of phenolic OH excluding ortho intramolecular Hbond substituents is 1. The van der Waals surface area contributed by atoms with Crippen LogP contribution < -0.4 is 10.1 Å². The first kappa shape index (κ1) is 17.3. The standard InChI is InChI=1S/C17H18N2O5/c1-12-8-9-13(15(20)11-12)18-17(21)7-4-10-24-16-6-3-2-5-14(16)19(22)23/h2-3,5-6,8-9,11,20H,4,7,10H2,1H3,(H,18,21). The van der Waals surface area contributed by atoms with Gasteiger partial charge in [0.05, 0.1) is 17.2 Å². The molecule has 2 rings (SSSR count). The van der Waals surface area contributed by atoms with E-state index < -0.39 is 4.92 Å². The van der Waals surface area contributed by atoms with Crippen LogP contribution in [0, 0.1) is 17.0 Å². The number of amides is 1. The van der Waals surface area contributed by atoms with Crippen molar-refractivity contribution in [3.8, 4) is 11.5 Å². The van der Waals surface area contributed by atoms with Crippen molar-refractivity contribution in [2.45, 2.75) is 19.8 Å². The Morgan fingerprint density at radius 2 is 2.04 bits per heavy atom. The van der Waals surface area contributed by atoms with Crippen LogP contribution in [0.5, 0.6) is 11.5 Å². The summed E-state index contributed by atoms with van der Waals surface area (Å²) in [5.74, 6) is -0.0705. The van der Waals surface area contributed by atoms with E-state index in [2.05, 4.69) is 5.32 Å². The predicted octanol–water partition coefficient (Wildman–Crippen LogP) is 3.41. The molecular weight excluding hydrogens is 312 g/mol. The fourth-order valence-electron chi connectivity index (χ4n) is 2.10. The number of aryl methyl sites for hydroxylation is 1. The maximum absolute atomic E-state index is 11.9. The lowest BCUT2D eigenvalue weighted by Crippen LogP contribution is -2.13. The lowest BCUT2D eigenvalue weighted by atomic mass is 10.2. The molecule has 0 atom stereocenters. The van der Waals surface area contributed by atoms with Crippen molar-refractivity contribution in [3.05, 3.63) is 58.1 Å². The third-order valence-corrected chi connectivity index (χ3v) is 3.30. The van der Waals surface area contributed by atoms with Crippen LogP contribution in [0.4, 0.5) is 11.4 Å². The largest absolute Gasteiger partial charge is 0.506 e. The van der Waals surface area contributed by atoms with Crippen LogP contribution in [0.2, 0.25) is 0 Å². The molecule has 0 fully saturated rings. The van der Waals surface area contributed by atoms with E-state index in [1.165, 1.54) is 12.1 Å². The van der Waals surface area contributed by atoms with Crippen molar-refractivity contribution >= 4 is 17.3 Å². The van der Waals surface area contributed by atoms with Crippen LogP contribution in [0.15, 0.2) is 42.5 Å². The molecule has 0 aliphatic rings. The van der Waals surface area contributed by atoms with Crippen LogP contribution in [0.3, 0.4) is 0 Å². The number of nitro groups is 1. The summed E-state index contributed by atoms with van der Waals surface area (Å²) in [6.45, 7) is 2.02. The molecule has 2 N–H and O–H groups in total. The van der Waals surface area contributed by atoms with Gasteiger partial charge in [0.25, 0.3) is 0 Å². The van der Waals surface area contributed by atoms with E-state index >= 15 is 0 Å². The highest BCUT2D eigenvalue weighted by atomic mass is 16.6. The zero-order chi connectivity index (χ0) is 17.5. The molecule has 0 aliphatic heterocycles. The minimum Gasteiger partial charge on any atom is -0.506 e. The highest BCUT2D eigenvalue weighted by molar-refractivity contribution is 5.92. The second-order valence-corrected chi connectivity index (χ2v) is 5.25. The number of para-hydroxylation sites is 2. The number of hydrogen-bond acceptors (Lipinski definition) is 5. The number of phenols is 1. The molecule has 0 radical (unpaired) electrons. The first-order valence-corrected chi connectivity index (χ1v) is 7.43. The van der Waals surface area contributed by atoms with Gasteiger partial charge in [0.1, 0.15) is 5.75 Å². The van der Waals surface area contributed by atoms with Gasteiger partial charge in [-0.25, -0.2) is 0 Å². The second kappa shape index (κ2) is 7.96. The number of carbonyl (C=O) groups excluding carboxylic acids is 1. The van der Waals surface area contributed by atoms with Crippen LogP contribution in [-0.2, 0) is 4.79 Å². The van der Waals surface area contributed by atoms with Gasteiger partial charge in [0.15, 0.2) is 5.75 Å². The maximum atomic E-state index is 11.9. The summed E-state index contributed by atoms with van der Waals surface area (Å²) in [7, 11) is 0. The summed E-state index contributed by atoms with van der Waals surface area (Å²) in [5, 5.41) is 23.2. The van der Waals surface area contributed by atoms with Crippen molar-refractivity contribution in [1.29, 1.82) is 0 Å². The first-order valence-electron chi connectivity index (χ1n) is 7.43. The third kappa shape index (κ3) is 4.70. The molecule has 0 saturated carbocycles. The lowest BCUT2D eigenvalue weighted by Gasteiger charge is -2.09. The molecule has 1 amide bonds. The molecule has 24 heavy (non-hydrogen) atoms. The molecular formula is C17H18N2O5. The molecule has 0 heterocycles. The van der Waals surface area contributed by atoms with Crippen LogP contribution >= 0.6 is 0 Å². The average molecular weight is 330 g/mol. The average Bonchev–Trinajstić information content (AvgIpc) is 2.54. The number of nitrogens with zero attached hydrogens (tertiary/aromatic N) is 1. The number of aromatic hydroxyl groups is 1. The minimum absolute atomic E-state index is 0.0134. The molecule has 0 unspecified atom stereocenters. The normalized spacial score (nSPS) is 10.2. The van der Waals surface area contributed by atoms with E-state index in [1.54, 1.807) is 30.3 Å². The maximum Gasteiger partial charge on any atom is 0.310 e. The number of ether oxygens (including phenoxy) is 1. The highest BCUT2D eigenvalue weighted by Crippen LogP contribution is 2.26. The van der Waals surface area contributed by atoms with Gasteiger partial charge in [0.2, 0.25) is 5.91 Å². The van der Waals surface area contributed by atoms with Crippen molar-refractivity contribution in [2.24, 2.45) is 0 Å². The molecule has 126 valence electrons. The molecule has 0 aromatic heterocycles. The Morgan fingerprint density at radius 3 is 2.75 bits per heavy atom. The van der Waals surface area contributed by atoms with E-state index in [0.717, 1.165) is 5.56 Å². The SMILES string of the molecule is Cc1ccc(NC(=O)CCCOc2ccccc2[N+](=O)[O-])c(O)c1. The van der Waals surface area contributed by atoms with Crippen LogP contribution in [0.25, 0.3) is 0 Å². The number of rotatable bonds is 7. The van der Waals surface area contributed by atoms with Gasteiger partial charge in [-0.2, -0.15) is 0 Å². The van der Waals surface area contributed by atoms with Gasteiger partial charge in [-0.15, -0.1) is 0 Å². The van der Waals surface area contributed by atoms with E-state index in [1.807, 2.05) is 6.92 Å². The number of carbonyl (C=O) groups is 1. The van der Waals surface area contributed by atoms with E-state index in [9.17, 15) is 20.0 Å². The third-order valence-electron chi connectivity index (χ3n) is 3.30.